The Morgan fingerprint density at radius 2 is 1.82 bits per heavy atom. The van der Waals surface area contributed by atoms with E-state index in [4.69, 9.17) is 15.9 Å². The van der Waals surface area contributed by atoms with Crippen LogP contribution in [0.3, 0.4) is 0 Å². The summed E-state index contributed by atoms with van der Waals surface area (Å²) in [6.45, 7) is 0.0385. The number of amides is 4. The molecule has 0 bridgehead atoms. The monoisotopic (exact) mass is 376 g/mol. The van der Waals surface area contributed by atoms with Crippen LogP contribution in [0.1, 0.15) is 5.56 Å². The van der Waals surface area contributed by atoms with Gasteiger partial charge in [-0.15, -0.1) is 6.42 Å². The van der Waals surface area contributed by atoms with Crippen LogP contribution in [0.15, 0.2) is 54.1 Å². The van der Waals surface area contributed by atoms with E-state index in [1.807, 2.05) is 0 Å². The number of imide groups is 2. The summed E-state index contributed by atoms with van der Waals surface area (Å²) in [5.41, 5.74) is 0.589. The zero-order valence-electron chi connectivity index (χ0n) is 15.0. The van der Waals surface area contributed by atoms with Gasteiger partial charge < -0.3 is 9.47 Å². The molecule has 1 heterocycles. The molecule has 0 aromatic heterocycles. The summed E-state index contributed by atoms with van der Waals surface area (Å²) in [6, 6.07) is 12.3. The molecule has 0 unspecified atom stereocenters. The Labute approximate surface area is 161 Å². The van der Waals surface area contributed by atoms with Crippen LogP contribution in [0.2, 0.25) is 0 Å². The minimum Gasteiger partial charge on any atom is -0.497 e. The first kappa shape index (κ1) is 18.7. The average Bonchev–Trinajstić information content (AvgIpc) is 2.70. The minimum absolute atomic E-state index is 0.0385. The van der Waals surface area contributed by atoms with Gasteiger partial charge in [-0.05, 0) is 36.4 Å². The summed E-state index contributed by atoms with van der Waals surface area (Å²) < 4.78 is 10.5. The van der Waals surface area contributed by atoms with E-state index in [2.05, 4.69) is 11.2 Å². The number of methoxy groups -OCH3 is 1. The number of benzene rings is 2. The van der Waals surface area contributed by atoms with Crippen molar-refractivity contribution in [2.45, 2.75) is 0 Å². The van der Waals surface area contributed by atoms with Crippen LogP contribution < -0.4 is 19.7 Å². The van der Waals surface area contributed by atoms with Crippen molar-refractivity contribution in [2.24, 2.45) is 0 Å². The maximum Gasteiger partial charge on any atom is 0.335 e. The molecule has 0 radical (unpaired) electrons. The summed E-state index contributed by atoms with van der Waals surface area (Å²) >= 11 is 0. The zero-order valence-corrected chi connectivity index (χ0v) is 15.0. The highest BCUT2D eigenvalue weighted by Crippen LogP contribution is 2.26. The van der Waals surface area contributed by atoms with Crippen molar-refractivity contribution in [3.05, 3.63) is 59.7 Å². The Hall–Kier alpha value is -4.05. The van der Waals surface area contributed by atoms with Crippen LogP contribution in [0.25, 0.3) is 6.08 Å². The summed E-state index contributed by atoms with van der Waals surface area (Å²) in [6.07, 6.45) is 6.58. The van der Waals surface area contributed by atoms with Gasteiger partial charge in [0.15, 0.2) is 0 Å². The predicted molar refractivity (Wildman–Crippen MR) is 103 cm³/mol. The summed E-state index contributed by atoms with van der Waals surface area (Å²) in [7, 11) is 1.51. The maximum atomic E-state index is 12.9. The van der Waals surface area contributed by atoms with Crippen molar-refractivity contribution >= 4 is 29.6 Å². The van der Waals surface area contributed by atoms with E-state index < -0.39 is 17.8 Å². The molecule has 7 nitrogen and oxygen atoms in total. The topological polar surface area (TPSA) is 84.9 Å². The Balaban J connectivity index is 1.98. The van der Waals surface area contributed by atoms with Gasteiger partial charge in [-0.25, -0.2) is 9.69 Å². The first-order valence-electron chi connectivity index (χ1n) is 8.26. The van der Waals surface area contributed by atoms with Gasteiger partial charge in [-0.1, -0.05) is 24.1 Å². The Morgan fingerprint density at radius 3 is 2.50 bits per heavy atom. The van der Waals surface area contributed by atoms with E-state index in [-0.39, 0.29) is 12.2 Å². The number of rotatable bonds is 5. The molecule has 140 valence electrons. The van der Waals surface area contributed by atoms with E-state index >= 15 is 0 Å². The number of carbonyl (C=O) groups excluding carboxylic acids is 3. The van der Waals surface area contributed by atoms with Gasteiger partial charge in [0.05, 0.1) is 12.8 Å². The molecule has 2 aromatic rings. The fraction of sp³-hybridized carbons (Fsp3) is 0.0952. The van der Waals surface area contributed by atoms with Crippen molar-refractivity contribution in [1.82, 2.24) is 5.32 Å². The third-order valence-electron chi connectivity index (χ3n) is 3.96. The van der Waals surface area contributed by atoms with E-state index in [9.17, 15) is 14.4 Å². The summed E-state index contributed by atoms with van der Waals surface area (Å²) in [4.78, 5) is 38.3. The summed E-state index contributed by atoms with van der Waals surface area (Å²) in [5, 5.41) is 2.17. The van der Waals surface area contributed by atoms with Crippen molar-refractivity contribution in [1.29, 1.82) is 0 Å². The van der Waals surface area contributed by atoms with Crippen LogP contribution in [0, 0.1) is 12.3 Å². The number of anilines is 1. The third-order valence-corrected chi connectivity index (χ3v) is 3.96. The van der Waals surface area contributed by atoms with Crippen molar-refractivity contribution in [2.75, 3.05) is 18.6 Å². The molecule has 0 spiro atoms. The third kappa shape index (κ3) is 3.71. The molecular weight excluding hydrogens is 360 g/mol. The molecule has 0 atom stereocenters. The number of hydrogen-bond donors (Lipinski definition) is 1. The molecule has 1 saturated heterocycles. The number of urea groups is 1. The Morgan fingerprint density at radius 1 is 1.11 bits per heavy atom. The molecule has 0 saturated carbocycles. The number of ether oxygens (including phenoxy) is 2. The first-order chi connectivity index (χ1) is 13.5. The zero-order chi connectivity index (χ0) is 20.1. The van der Waals surface area contributed by atoms with Crippen LogP contribution in [0.5, 0.6) is 11.5 Å². The van der Waals surface area contributed by atoms with Crippen LogP contribution in [-0.4, -0.2) is 31.6 Å². The van der Waals surface area contributed by atoms with Gasteiger partial charge in [0.2, 0.25) is 0 Å². The normalized spacial score (nSPS) is 15.2. The van der Waals surface area contributed by atoms with Gasteiger partial charge in [0, 0.05) is 5.56 Å². The molecule has 7 heteroatoms. The molecular formula is C21H16N2O5. The van der Waals surface area contributed by atoms with Gasteiger partial charge >= 0.3 is 6.03 Å². The molecule has 28 heavy (non-hydrogen) atoms. The lowest BCUT2D eigenvalue weighted by Crippen LogP contribution is -2.54. The number of carbonyl (C=O) groups is 3. The largest absolute Gasteiger partial charge is 0.497 e. The Kier molecular flexibility index (Phi) is 5.42. The quantitative estimate of drug-likeness (QED) is 0.492. The fourth-order valence-corrected chi connectivity index (χ4v) is 2.63. The molecule has 1 fully saturated rings. The number of nitrogens with zero attached hydrogens (tertiary/aromatic N) is 1. The highest BCUT2D eigenvalue weighted by atomic mass is 16.5. The number of hydrogen-bond acceptors (Lipinski definition) is 5. The van der Waals surface area contributed by atoms with Gasteiger partial charge in [0.1, 0.15) is 23.7 Å². The van der Waals surface area contributed by atoms with Crippen molar-refractivity contribution in [3.8, 4) is 23.8 Å². The highest BCUT2D eigenvalue weighted by Gasteiger charge is 2.36. The second-order valence-corrected chi connectivity index (χ2v) is 5.69. The highest BCUT2D eigenvalue weighted by molar-refractivity contribution is 6.39. The number of barbiturate groups is 1. The van der Waals surface area contributed by atoms with E-state index in [0.29, 0.717) is 22.7 Å². The summed E-state index contributed by atoms with van der Waals surface area (Å²) in [5.74, 6) is 1.81. The second kappa shape index (κ2) is 8.10. The maximum absolute atomic E-state index is 12.9. The van der Waals surface area contributed by atoms with Crippen LogP contribution in [-0.2, 0) is 9.59 Å². The number of terminal acetylenes is 1. The lowest BCUT2D eigenvalue weighted by atomic mass is 10.1. The van der Waals surface area contributed by atoms with Gasteiger partial charge in [-0.3, -0.25) is 14.9 Å². The van der Waals surface area contributed by atoms with Gasteiger partial charge in [-0.2, -0.15) is 0 Å². The second-order valence-electron chi connectivity index (χ2n) is 5.69. The van der Waals surface area contributed by atoms with Crippen molar-refractivity contribution in [3.63, 3.8) is 0 Å². The SMILES string of the molecule is C#CCOc1ccccc1/C=C1\C(=O)NC(=O)N(c2ccc(OC)cc2)C1=O. The van der Waals surface area contributed by atoms with Crippen LogP contribution in [0.4, 0.5) is 10.5 Å². The Bertz CT molecular complexity index is 1000. The number of nitrogens with one attached hydrogen (secondary N) is 1. The van der Waals surface area contributed by atoms with Gasteiger partial charge in [0.25, 0.3) is 11.8 Å². The predicted octanol–water partition coefficient (Wildman–Crippen LogP) is 2.37. The smallest absolute Gasteiger partial charge is 0.335 e. The fourth-order valence-electron chi connectivity index (χ4n) is 2.63. The first-order valence-corrected chi connectivity index (χ1v) is 8.26. The van der Waals surface area contributed by atoms with E-state index in [1.54, 1.807) is 48.5 Å². The molecule has 2 aromatic carbocycles. The molecule has 0 aliphatic carbocycles. The molecule has 1 N–H and O–H groups in total. The average molecular weight is 376 g/mol. The molecule has 1 aliphatic heterocycles. The van der Waals surface area contributed by atoms with Crippen molar-refractivity contribution < 1.29 is 23.9 Å². The molecule has 4 amide bonds. The van der Waals surface area contributed by atoms with Crippen LogP contribution >= 0.6 is 0 Å². The standard InChI is InChI=1S/C21H16N2O5/c1-3-12-28-18-7-5-4-6-14(18)13-17-19(24)22-21(26)23(20(17)25)15-8-10-16(27-2)11-9-15/h1,4-11,13H,12H2,2H3,(H,22,24,26)/b17-13+. The number of para-hydroxylation sites is 1. The van der Waals surface area contributed by atoms with E-state index in [1.165, 1.54) is 13.2 Å². The lowest BCUT2D eigenvalue weighted by molar-refractivity contribution is -0.122. The molecule has 3 rings (SSSR count). The lowest BCUT2D eigenvalue weighted by Gasteiger charge is -2.26. The van der Waals surface area contributed by atoms with E-state index in [0.717, 1.165) is 4.90 Å². The molecule has 1 aliphatic rings. The minimum atomic E-state index is -0.825.